The molecule has 8 heteroatoms. The molecule has 2 aromatic rings. The van der Waals surface area contributed by atoms with Crippen molar-refractivity contribution in [3.05, 3.63) is 57.8 Å². The first-order valence-corrected chi connectivity index (χ1v) is 6.82. The molecule has 6 nitrogen and oxygen atoms in total. The van der Waals surface area contributed by atoms with Crippen LogP contribution in [-0.4, -0.2) is 23.9 Å². The van der Waals surface area contributed by atoms with Crippen molar-refractivity contribution in [2.24, 2.45) is 0 Å². The van der Waals surface area contributed by atoms with E-state index in [-0.39, 0.29) is 21.4 Å². The van der Waals surface area contributed by atoms with E-state index in [0.29, 0.717) is 5.56 Å². The van der Waals surface area contributed by atoms with Gasteiger partial charge in [0, 0.05) is 18.0 Å². The number of carbonyl (C=O) groups is 2. The van der Waals surface area contributed by atoms with Gasteiger partial charge < -0.3 is 4.74 Å². The van der Waals surface area contributed by atoms with Gasteiger partial charge in [-0.05, 0) is 24.3 Å². The van der Waals surface area contributed by atoms with Crippen LogP contribution in [-0.2, 0) is 0 Å². The van der Waals surface area contributed by atoms with Gasteiger partial charge in [-0.25, -0.2) is 0 Å². The number of hydrogen-bond acceptors (Lipinski definition) is 4. The van der Waals surface area contributed by atoms with Gasteiger partial charge in [0.05, 0.1) is 22.7 Å². The van der Waals surface area contributed by atoms with Gasteiger partial charge in [0.1, 0.15) is 0 Å². The molecule has 0 aliphatic rings. The Hall–Kier alpha value is -2.31. The van der Waals surface area contributed by atoms with Crippen molar-refractivity contribution in [3.63, 3.8) is 0 Å². The number of ether oxygens (including phenoxy) is 1. The summed E-state index contributed by atoms with van der Waals surface area (Å²) in [6.45, 7) is 0. The molecule has 0 bridgehead atoms. The van der Waals surface area contributed by atoms with Crippen LogP contribution in [0.1, 0.15) is 20.7 Å². The van der Waals surface area contributed by atoms with Crippen LogP contribution in [0.4, 0.5) is 0 Å². The molecule has 0 saturated carbocycles. The molecule has 0 aliphatic carbocycles. The Labute approximate surface area is 136 Å². The van der Waals surface area contributed by atoms with Gasteiger partial charge >= 0.3 is 0 Å². The standard InChI is InChI=1S/C14H11Cl2N3O3/c1-22-12-10(15)5-9(6-11(12)16)14(21)19-18-13(20)8-3-2-4-17-7-8/h2-7H,1H3,(H,18,20)(H,19,21). The van der Waals surface area contributed by atoms with E-state index >= 15 is 0 Å². The molecule has 114 valence electrons. The fourth-order valence-electron chi connectivity index (χ4n) is 1.64. The Kier molecular flexibility index (Phi) is 5.19. The zero-order chi connectivity index (χ0) is 16.1. The number of methoxy groups -OCH3 is 1. The van der Waals surface area contributed by atoms with Crippen molar-refractivity contribution in [3.8, 4) is 5.75 Å². The Balaban J connectivity index is 2.06. The van der Waals surface area contributed by atoms with E-state index in [1.165, 1.54) is 31.6 Å². The second kappa shape index (κ2) is 7.11. The summed E-state index contributed by atoms with van der Waals surface area (Å²) in [4.78, 5) is 27.6. The molecule has 22 heavy (non-hydrogen) atoms. The van der Waals surface area contributed by atoms with E-state index in [1.807, 2.05) is 0 Å². The van der Waals surface area contributed by atoms with Gasteiger partial charge in [0.15, 0.2) is 5.75 Å². The number of pyridine rings is 1. The van der Waals surface area contributed by atoms with E-state index in [1.54, 1.807) is 12.1 Å². The monoisotopic (exact) mass is 339 g/mol. The summed E-state index contributed by atoms with van der Waals surface area (Å²) in [5.74, 6) is -0.782. The lowest BCUT2D eigenvalue weighted by Crippen LogP contribution is -2.41. The van der Waals surface area contributed by atoms with Crippen molar-refractivity contribution < 1.29 is 14.3 Å². The van der Waals surface area contributed by atoms with Crippen molar-refractivity contribution >= 4 is 35.0 Å². The molecule has 1 aromatic carbocycles. The van der Waals surface area contributed by atoms with Crippen LogP contribution in [0, 0.1) is 0 Å². The molecule has 0 radical (unpaired) electrons. The smallest absolute Gasteiger partial charge is 0.271 e. The summed E-state index contributed by atoms with van der Waals surface area (Å²) in [5.41, 5.74) is 5.03. The average Bonchev–Trinajstić information content (AvgIpc) is 2.52. The second-order valence-corrected chi connectivity index (χ2v) is 4.94. The number of aromatic nitrogens is 1. The number of nitrogens with one attached hydrogen (secondary N) is 2. The van der Waals surface area contributed by atoms with Crippen LogP contribution < -0.4 is 15.6 Å². The zero-order valence-corrected chi connectivity index (χ0v) is 12.9. The van der Waals surface area contributed by atoms with Gasteiger partial charge in [-0.3, -0.25) is 25.4 Å². The van der Waals surface area contributed by atoms with Crippen LogP contribution in [0.2, 0.25) is 10.0 Å². The zero-order valence-electron chi connectivity index (χ0n) is 11.4. The van der Waals surface area contributed by atoms with Crippen LogP contribution >= 0.6 is 23.2 Å². The first kappa shape index (κ1) is 16.1. The minimum Gasteiger partial charge on any atom is -0.494 e. The van der Waals surface area contributed by atoms with E-state index in [4.69, 9.17) is 27.9 Å². The van der Waals surface area contributed by atoms with E-state index in [0.717, 1.165) is 0 Å². The van der Waals surface area contributed by atoms with Crippen molar-refractivity contribution in [1.29, 1.82) is 0 Å². The van der Waals surface area contributed by atoms with Gasteiger partial charge in [-0.15, -0.1) is 0 Å². The predicted molar refractivity (Wildman–Crippen MR) is 82.2 cm³/mol. The highest BCUT2D eigenvalue weighted by atomic mass is 35.5. The van der Waals surface area contributed by atoms with Crippen molar-refractivity contribution in [1.82, 2.24) is 15.8 Å². The number of nitrogens with zero attached hydrogens (tertiary/aromatic N) is 1. The van der Waals surface area contributed by atoms with Gasteiger partial charge in [-0.2, -0.15) is 0 Å². The van der Waals surface area contributed by atoms with E-state index < -0.39 is 11.8 Å². The van der Waals surface area contributed by atoms with Crippen LogP contribution in [0.15, 0.2) is 36.7 Å². The minimum absolute atomic E-state index is 0.183. The first-order valence-electron chi connectivity index (χ1n) is 6.06. The Bertz CT molecular complexity index is 685. The number of hydrogen-bond donors (Lipinski definition) is 2. The third kappa shape index (κ3) is 3.66. The number of halogens is 2. The Morgan fingerprint density at radius 1 is 1.09 bits per heavy atom. The number of carbonyl (C=O) groups excluding carboxylic acids is 2. The largest absolute Gasteiger partial charge is 0.494 e. The highest BCUT2D eigenvalue weighted by Crippen LogP contribution is 2.33. The summed E-state index contributed by atoms with van der Waals surface area (Å²) >= 11 is 11.9. The number of rotatable bonds is 3. The van der Waals surface area contributed by atoms with Crippen LogP contribution in [0.3, 0.4) is 0 Å². The summed E-state index contributed by atoms with van der Waals surface area (Å²) < 4.78 is 4.99. The normalized spacial score (nSPS) is 9.95. The molecule has 0 fully saturated rings. The maximum atomic E-state index is 12.0. The second-order valence-electron chi connectivity index (χ2n) is 4.12. The fourth-order valence-corrected chi connectivity index (χ4v) is 2.28. The number of amides is 2. The predicted octanol–water partition coefficient (Wildman–Crippen LogP) is 2.47. The van der Waals surface area contributed by atoms with Crippen LogP contribution in [0.5, 0.6) is 5.75 Å². The Morgan fingerprint density at radius 3 is 2.18 bits per heavy atom. The highest BCUT2D eigenvalue weighted by Gasteiger charge is 2.14. The van der Waals surface area contributed by atoms with Crippen molar-refractivity contribution in [2.75, 3.05) is 7.11 Å². The van der Waals surface area contributed by atoms with Gasteiger partial charge in [-0.1, -0.05) is 23.2 Å². The van der Waals surface area contributed by atoms with E-state index in [2.05, 4.69) is 15.8 Å². The molecule has 0 spiro atoms. The lowest BCUT2D eigenvalue weighted by Gasteiger charge is -2.10. The summed E-state index contributed by atoms with van der Waals surface area (Å²) in [6, 6.07) is 5.95. The quantitative estimate of drug-likeness (QED) is 0.842. The molecular weight excluding hydrogens is 329 g/mol. The third-order valence-electron chi connectivity index (χ3n) is 2.68. The summed E-state index contributed by atoms with van der Waals surface area (Å²) in [7, 11) is 1.42. The van der Waals surface area contributed by atoms with Crippen LogP contribution in [0.25, 0.3) is 0 Å². The minimum atomic E-state index is -0.566. The molecule has 1 aromatic heterocycles. The summed E-state index contributed by atoms with van der Waals surface area (Å²) in [6.07, 6.45) is 2.92. The molecule has 2 amide bonds. The average molecular weight is 340 g/mol. The van der Waals surface area contributed by atoms with E-state index in [9.17, 15) is 9.59 Å². The first-order chi connectivity index (χ1) is 10.5. The molecule has 0 unspecified atom stereocenters. The lowest BCUT2D eigenvalue weighted by atomic mass is 10.2. The third-order valence-corrected chi connectivity index (χ3v) is 3.24. The molecule has 0 saturated heterocycles. The molecule has 0 atom stereocenters. The lowest BCUT2D eigenvalue weighted by molar-refractivity contribution is 0.0846. The maximum absolute atomic E-state index is 12.0. The maximum Gasteiger partial charge on any atom is 0.271 e. The molecular formula is C14H11Cl2N3O3. The summed E-state index contributed by atoms with van der Waals surface area (Å²) in [5, 5.41) is 0.387. The fraction of sp³-hybridized carbons (Fsp3) is 0.0714. The topological polar surface area (TPSA) is 80.3 Å². The van der Waals surface area contributed by atoms with Gasteiger partial charge in [0.2, 0.25) is 0 Å². The molecule has 2 N–H and O–H groups in total. The number of hydrazine groups is 1. The van der Waals surface area contributed by atoms with Gasteiger partial charge in [0.25, 0.3) is 11.8 Å². The molecule has 2 rings (SSSR count). The Morgan fingerprint density at radius 2 is 1.68 bits per heavy atom. The molecule has 1 heterocycles. The van der Waals surface area contributed by atoms with Crippen molar-refractivity contribution in [2.45, 2.75) is 0 Å². The molecule has 0 aliphatic heterocycles. The SMILES string of the molecule is COc1c(Cl)cc(C(=O)NNC(=O)c2cccnc2)cc1Cl. The highest BCUT2D eigenvalue weighted by molar-refractivity contribution is 6.37. The number of benzene rings is 1.